The van der Waals surface area contributed by atoms with Gasteiger partial charge < -0.3 is 5.32 Å². The van der Waals surface area contributed by atoms with Crippen LogP contribution in [0.4, 0.5) is 0 Å². The van der Waals surface area contributed by atoms with Gasteiger partial charge >= 0.3 is 0 Å². The average molecular weight is 396 g/mol. The first-order chi connectivity index (χ1) is 10.8. The van der Waals surface area contributed by atoms with Crippen molar-refractivity contribution in [2.24, 2.45) is 0 Å². The molecule has 124 valence electrons. The monoisotopic (exact) mass is 394 g/mol. The van der Waals surface area contributed by atoms with Crippen molar-refractivity contribution in [1.82, 2.24) is 10.2 Å². The fourth-order valence-corrected chi connectivity index (χ4v) is 3.64. The highest BCUT2D eigenvalue weighted by Crippen LogP contribution is 2.28. The first-order valence-corrected chi connectivity index (χ1v) is 8.79. The van der Waals surface area contributed by atoms with Gasteiger partial charge in [0.15, 0.2) is 0 Å². The van der Waals surface area contributed by atoms with E-state index < -0.39 is 0 Å². The fourth-order valence-electron chi connectivity index (χ4n) is 3.12. The number of rotatable bonds is 4. The summed E-state index contributed by atoms with van der Waals surface area (Å²) in [6.07, 6.45) is 2.51. The van der Waals surface area contributed by atoms with Crippen molar-refractivity contribution in [1.29, 1.82) is 0 Å². The van der Waals surface area contributed by atoms with Crippen molar-refractivity contribution >= 4 is 28.3 Å². The Bertz CT molecular complexity index is 607. The Morgan fingerprint density at radius 1 is 1.04 bits per heavy atom. The van der Waals surface area contributed by atoms with Crippen LogP contribution in [-0.4, -0.2) is 31.1 Å². The lowest BCUT2D eigenvalue weighted by Crippen LogP contribution is -2.40. The number of likely N-dealkylation sites (tertiary alicyclic amines) is 1. The maximum absolute atomic E-state index is 3.63. The summed E-state index contributed by atoms with van der Waals surface area (Å²) in [5.41, 5.74) is 3.92. The van der Waals surface area contributed by atoms with Crippen molar-refractivity contribution in [3.8, 4) is 11.1 Å². The highest BCUT2D eigenvalue weighted by molar-refractivity contribution is 9.10. The number of nitrogens with zero attached hydrogens (tertiary/aromatic N) is 1. The van der Waals surface area contributed by atoms with E-state index in [0.717, 1.165) is 11.0 Å². The van der Waals surface area contributed by atoms with Crippen LogP contribution in [0.5, 0.6) is 0 Å². The standard InChI is InChI=1S/C19H23BrN2.ClH/c1-21-17-10-12-22(13-11-17)14-15-6-8-16(9-7-15)18-4-2-3-5-19(18)20;/h2-9,17,21H,10-14H2,1H3;1H. The SMILES string of the molecule is CNC1CCN(Cc2ccc(-c3ccccc3Br)cc2)CC1.Cl. The van der Waals surface area contributed by atoms with E-state index in [4.69, 9.17) is 0 Å². The molecule has 0 saturated carbocycles. The second kappa shape index (κ2) is 8.84. The summed E-state index contributed by atoms with van der Waals surface area (Å²) in [6.45, 7) is 3.45. The van der Waals surface area contributed by atoms with E-state index in [1.807, 2.05) is 0 Å². The van der Waals surface area contributed by atoms with E-state index in [1.54, 1.807) is 0 Å². The molecule has 0 spiro atoms. The zero-order valence-electron chi connectivity index (χ0n) is 13.5. The second-order valence-corrected chi connectivity index (χ2v) is 6.87. The summed E-state index contributed by atoms with van der Waals surface area (Å²) in [5.74, 6) is 0. The second-order valence-electron chi connectivity index (χ2n) is 6.02. The van der Waals surface area contributed by atoms with Crippen LogP contribution in [0, 0.1) is 0 Å². The predicted octanol–water partition coefficient (Wildman–Crippen LogP) is 4.72. The topological polar surface area (TPSA) is 15.3 Å². The van der Waals surface area contributed by atoms with Crippen LogP contribution in [0.1, 0.15) is 18.4 Å². The molecule has 3 rings (SSSR count). The van der Waals surface area contributed by atoms with Gasteiger partial charge in [0.2, 0.25) is 0 Å². The first kappa shape index (κ1) is 18.5. The number of nitrogens with one attached hydrogen (secondary N) is 1. The van der Waals surface area contributed by atoms with Gasteiger partial charge in [-0.25, -0.2) is 0 Å². The van der Waals surface area contributed by atoms with Crippen molar-refractivity contribution in [3.05, 3.63) is 58.6 Å². The number of halogens is 2. The molecule has 1 aliphatic rings. The smallest absolute Gasteiger partial charge is 0.0253 e. The number of benzene rings is 2. The van der Waals surface area contributed by atoms with Crippen LogP contribution < -0.4 is 5.32 Å². The van der Waals surface area contributed by atoms with Gasteiger partial charge in [0, 0.05) is 17.1 Å². The third kappa shape index (κ3) is 4.80. The summed E-state index contributed by atoms with van der Waals surface area (Å²) in [4.78, 5) is 2.56. The Labute approximate surface area is 153 Å². The molecule has 0 aliphatic carbocycles. The third-order valence-electron chi connectivity index (χ3n) is 4.54. The van der Waals surface area contributed by atoms with Crippen LogP contribution in [0.15, 0.2) is 53.0 Å². The molecule has 1 saturated heterocycles. The molecule has 0 aromatic heterocycles. The highest BCUT2D eigenvalue weighted by Gasteiger charge is 2.17. The zero-order chi connectivity index (χ0) is 15.4. The molecule has 4 heteroatoms. The first-order valence-electron chi connectivity index (χ1n) is 8.00. The summed E-state index contributed by atoms with van der Waals surface area (Å²) >= 11 is 3.63. The van der Waals surface area contributed by atoms with E-state index >= 15 is 0 Å². The molecule has 0 amide bonds. The Kier molecular flexibility index (Phi) is 7.09. The van der Waals surface area contributed by atoms with Gasteiger partial charge in [-0.15, -0.1) is 12.4 Å². The van der Waals surface area contributed by atoms with Gasteiger partial charge in [0.05, 0.1) is 0 Å². The minimum Gasteiger partial charge on any atom is -0.317 e. The molecule has 0 unspecified atom stereocenters. The normalized spacial score (nSPS) is 16.1. The Morgan fingerprint density at radius 2 is 1.70 bits per heavy atom. The molecule has 23 heavy (non-hydrogen) atoms. The molecule has 0 bridgehead atoms. The molecular formula is C19H24BrClN2. The van der Waals surface area contributed by atoms with Gasteiger partial charge in [-0.1, -0.05) is 58.4 Å². The van der Waals surface area contributed by atoms with E-state index in [-0.39, 0.29) is 12.4 Å². The number of piperidine rings is 1. The summed E-state index contributed by atoms with van der Waals surface area (Å²) in [7, 11) is 2.07. The lowest BCUT2D eigenvalue weighted by Gasteiger charge is -2.31. The molecule has 0 atom stereocenters. The summed E-state index contributed by atoms with van der Waals surface area (Å²) in [5, 5.41) is 3.39. The van der Waals surface area contributed by atoms with Gasteiger partial charge in [0.25, 0.3) is 0 Å². The quantitative estimate of drug-likeness (QED) is 0.805. The van der Waals surface area contributed by atoms with Crippen LogP contribution in [-0.2, 0) is 6.54 Å². The van der Waals surface area contributed by atoms with E-state index in [0.29, 0.717) is 6.04 Å². The van der Waals surface area contributed by atoms with Gasteiger partial charge in [-0.05, 0) is 55.7 Å². The molecule has 1 heterocycles. The van der Waals surface area contributed by atoms with Crippen molar-refractivity contribution in [3.63, 3.8) is 0 Å². The highest BCUT2D eigenvalue weighted by atomic mass is 79.9. The predicted molar refractivity (Wildman–Crippen MR) is 104 cm³/mol. The van der Waals surface area contributed by atoms with Crippen molar-refractivity contribution in [2.75, 3.05) is 20.1 Å². The number of hydrogen-bond acceptors (Lipinski definition) is 2. The molecule has 1 N–H and O–H groups in total. The van der Waals surface area contributed by atoms with Crippen molar-refractivity contribution in [2.45, 2.75) is 25.4 Å². The molecule has 1 aliphatic heterocycles. The zero-order valence-corrected chi connectivity index (χ0v) is 15.9. The van der Waals surface area contributed by atoms with Crippen LogP contribution in [0.3, 0.4) is 0 Å². The van der Waals surface area contributed by atoms with Crippen molar-refractivity contribution < 1.29 is 0 Å². The van der Waals surface area contributed by atoms with E-state index in [2.05, 4.69) is 81.7 Å². The van der Waals surface area contributed by atoms with E-state index in [9.17, 15) is 0 Å². The minimum atomic E-state index is 0. The van der Waals surface area contributed by atoms with Gasteiger partial charge in [0.1, 0.15) is 0 Å². The number of hydrogen-bond donors (Lipinski definition) is 1. The maximum atomic E-state index is 3.63. The fraction of sp³-hybridized carbons (Fsp3) is 0.368. The Hall–Kier alpha value is -0.870. The average Bonchev–Trinajstić information content (AvgIpc) is 2.57. The lowest BCUT2D eigenvalue weighted by molar-refractivity contribution is 0.194. The van der Waals surface area contributed by atoms with Crippen LogP contribution in [0.2, 0.25) is 0 Å². The lowest BCUT2D eigenvalue weighted by atomic mass is 10.0. The van der Waals surface area contributed by atoms with Gasteiger partial charge in [-0.3, -0.25) is 4.90 Å². The minimum absolute atomic E-state index is 0. The third-order valence-corrected chi connectivity index (χ3v) is 5.23. The molecule has 0 radical (unpaired) electrons. The molecule has 1 fully saturated rings. The van der Waals surface area contributed by atoms with Crippen LogP contribution in [0.25, 0.3) is 11.1 Å². The molecular weight excluding hydrogens is 372 g/mol. The largest absolute Gasteiger partial charge is 0.317 e. The Morgan fingerprint density at radius 3 is 2.30 bits per heavy atom. The van der Waals surface area contributed by atoms with Gasteiger partial charge in [-0.2, -0.15) is 0 Å². The molecule has 2 nitrogen and oxygen atoms in total. The maximum Gasteiger partial charge on any atom is 0.0253 e. The summed E-state index contributed by atoms with van der Waals surface area (Å²) < 4.78 is 1.15. The van der Waals surface area contributed by atoms with Crippen LogP contribution >= 0.6 is 28.3 Å². The molecule has 2 aromatic rings. The van der Waals surface area contributed by atoms with E-state index in [1.165, 1.54) is 42.6 Å². The summed E-state index contributed by atoms with van der Waals surface area (Å²) in [6, 6.07) is 18.1. The Balaban J connectivity index is 0.00000192. The molecule has 2 aromatic carbocycles.